The van der Waals surface area contributed by atoms with Gasteiger partial charge >= 0.3 is 6.18 Å². The minimum absolute atomic E-state index is 0.0921. The smallest absolute Gasteiger partial charge is 0.373 e. The van der Waals surface area contributed by atoms with Crippen molar-refractivity contribution in [1.82, 2.24) is 0 Å². The first-order chi connectivity index (χ1) is 14.0. The van der Waals surface area contributed by atoms with E-state index in [0.29, 0.717) is 0 Å². The summed E-state index contributed by atoms with van der Waals surface area (Å²) >= 11 is 0. The van der Waals surface area contributed by atoms with Gasteiger partial charge in [0.1, 0.15) is 0 Å². The fraction of sp³-hybridized carbons (Fsp3) is 0.211. The second-order valence-electron chi connectivity index (χ2n) is 6.62. The molecule has 2 aromatic carbocycles. The lowest BCUT2D eigenvalue weighted by atomic mass is 10.1. The highest BCUT2D eigenvalue weighted by Crippen LogP contribution is 2.32. The molecule has 2 rings (SSSR count). The molecule has 7 nitrogen and oxygen atoms in total. The van der Waals surface area contributed by atoms with E-state index in [-0.39, 0.29) is 32.9 Å². The number of hydrogen-bond acceptors (Lipinski definition) is 6. The van der Waals surface area contributed by atoms with Crippen LogP contribution in [0.15, 0.2) is 57.2 Å². The number of carbonyl (C=O) groups is 1. The minimum atomic E-state index is -5.26. The fourth-order valence-corrected chi connectivity index (χ4v) is 4.21. The Labute approximate surface area is 176 Å². The number of carbonyl (C=O) groups excluding carboxylic acids is 1. The topological polar surface area (TPSA) is 118 Å². The first-order valence-electron chi connectivity index (χ1n) is 8.28. The van der Waals surface area contributed by atoms with Gasteiger partial charge in [0.05, 0.1) is 20.4 Å². The quantitative estimate of drug-likeness (QED) is 0.640. The standard InChI is InChI=1S/C19H16F3NO6S2/c1-4-12-11-15(9-10-16(12)23-17(24)18(2,25)19(20,21)22)31(28,29)14-7-5-13(6-8-14)30(3,26)27/h1,5-11,25H,2-3H3,(H,23,24). The molecule has 0 fully saturated rings. The average Bonchev–Trinajstić information content (AvgIpc) is 2.66. The number of aliphatic hydroxyl groups is 1. The lowest BCUT2D eigenvalue weighted by Gasteiger charge is -2.25. The van der Waals surface area contributed by atoms with Crippen LogP contribution in [0.25, 0.3) is 0 Å². The maximum absolute atomic E-state index is 12.8. The molecule has 12 heteroatoms. The molecule has 166 valence electrons. The van der Waals surface area contributed by atoms with E-state index in [9.17, 15) is 39.9 Å². The van der Waals surface area contributed by atoms with Gasteiger partial charge in [0.25, 0.3) is 5.91 Å². The van der Waals surface area contributed by atoms with E-state index in [1.54, 1.807) is 0 Å². The minimum Gasteiger partial charge on any atom is -0.373 e. The van der Waals surface area contributed by atoms with Gasteiger partial charge < -0.3 is 10.4 Å². The number of nitrogens with one attached hydrogen (secondary N) is 1. The van der Waals surface area contributed by atoms with Gasteiger partial charge in [0.15, 0.2) is 9.84 Å². The van der Waals surface area contributed by atoms with Crippen molar-refractivity contribution in [3.63, 3.8) is 0 Å². The van der Waals surface area contributed by atoms with Crippen molar-refractivity contribution in [2.24, 2.45) is 0 Å². The maximum Gasteiger partial charge on any atom is 0.426 e. The normalized spacial score (nSPS) is 14.4. The van der Waals surface area contributed by atoms with Crippen molar-refractivity contribution in [3.05, 3.63) is 48.0 Å². The van der Waals surface area contributed by atoms with E-state index in [2.05, 4.69) is 5.92 Å². The van der Waals surface area contributed by atoms with Gasteiger partial charge in [0, 0.05) is 11.8 Å². The first kappa shape index (κ1) is 24.4. The number of amides is 1. The Balaban J connectivity index is 2.43. The number of benzene rings is 2. The van der Waals surface area contributed by atoms with Crippen molar-refractivity contribution in [3.8, 4) is 12.3 Å². The lowest BCUT2D eigenvalue weighted by Crippen LogP contribution is -2.52. The van der Waals surface area contributed by atoms with Gasteiger partial charge in [-0.15, -0.1) is 6.42 Å². The molecule has 0 aromatic heterocycles. The van der Waals surface area contributed by atoms with E-state index in [4.69, 9.17) is 6.42 Å². The molecular weight excluding hydrogens is 459 g/mol. The number of hydrogen-bond donors (Lipinski definition) is 2. The second kappa shape index (κ2) is 7.99. The van der Waals surface area contributed by atoms with E-state index in [1.165, 1.54) is 0 Å². The lowest BCUT2D eigenvalue weighted by molar-refractivity contribution is -0.242. The monoisotopic (exact) mass is 475 g/mol. The summed E-state index contributed by atoms with van der Waals surface area (Å²) in [5, 5.41) is 11.3. The van der Waals surface area contributed by atoms with Crippen molar-refractivity contribution in [1.29, 1.82) is 0 Å². The van der Waals surface area contributed by atoms with Gasteiger partial charge in [-0.25, -0.2) is 16.8 Å². The van der Waals surface area contributed by atoms with Crippen LogP contribution in [0.2, 0.25) is 0 Å². The van der Waals surface area contributed by atoms with E-state index >= 15 is 0 Å². The number of anilines is 1. The zero-order valence-electron chi connectivity index (χ0n) is 16.1. The zero-order valence-corrected chi connectivity index (χ0v) is 17.7. The largest absolute Gasteiger partial charge is 0.426 e. The Bertz CT molecular complexity index is 1270. The summed E-state index contributed by atoms with van der Waals surface area (Å²) in [4.78, 5) is 11.2. The summed E-state index contributed by atoms with van der Waals surface area (Å²) in [6.07, 6.45) is 0.994. The van der Waals surface area contributed by atoms with Crippen LogP contribution in [0, 0.1) is 12.3 Å². The molecular formula is C19H16F3NO6S2. The molecule has 0 saturated heterocycles. The number of terminal acetylenes is 1. The number of sulfone groups is 2. The van der Waals surface area contributed by atoms with E-state index in [0.717, 1.165) is 48.7 Å². The molecule has 0 saturated carbocycles. The zero-order chi connectivity index (χ0) is 23.8. The molecule has 0 aliphatic carbocycles. The Hall–Kier alpha value is -2.88. The molecule has 0 bridgehead atoms. The predicted molar refractivity (Wildman–Crippen MR) is 105 cm³/mol. The Morgan fingerprint density at radius 2 is 1.48 bits per heavy atom. The molecule has 0 heterocycles. The summed E-state index contributed by atoms with van der Waals surface area (Å²) in [5.74, 6) is 0.260. The first-order valence-corrected chi connectivity index (χ1v) is 11.7. The van der Waals surface area contributed by atoms with Crippen LogP contribution in [0.4, 0.5) is 18.9 Å². The molecule has 1 unspecified atom stereocenters. The molecule has 0 radical (unpaired) electrons. The van der Waals surface area contributed by atoms with Gasteiger partial charge in [-0.1, -0.05) is 5.92 Å². The third-order valence-electron chi connectivity index (χ3n) is 4.26. The van der Waals surface area contributed by atoms with Crippen molar-refractivity contribution < 1.29 is 39.9 Å². The van der Waals surface area contributed by atoms with Crippen molar-refractivity contribution in [2.45, 2.75) is 33.4 Å². The SMILES string of the molecule is C#Cc1cc(S(=O)(=O)c2ccc(S(C)(=O)=O)cc2)ccc1NC(=O)C(C)(O)C(F)(F)F. The molecule has 2 aromatic rings. The van der Waals surface area contributed by atoms with Gasteiger partial charge in [0.2, 0.25) is 15.4 Å². The average molecular weight is 475 g/mol. The van der Waals surface area contributed by atoms with Crippen LogP contribution in [0.3, 0.4) is 0 Å². The van der Waals surface area contributed by atoms with Crippen LogP contribution in [0.5, 0.6) is 0 Å². The molecule has 1 amide bonds. The molecule has 0 aliphatic rings. The van der Waals surface area contributed by atoms with Crippen LogP contribution < -0.4 is 5.32 Å². The number of alkyl halides is 3. The molecule has 31 heavy (non-hydrogen) atoms. The number of halogens is 3. The second-order valence-corrected chi connectivity index (χ2v) is 10.6. The summed E-state index contributed by atoms with van der Waals surface area (Å²) in [6.45, 7) is 0.261. The van der Waals surface area contributed by atoms with Crippen LogP contribution in [-0.4, -0.2) is 45.9 Å². The predicted octanol–water partition coefficient (Wildman–Crippen LogP) is 2.16. The Morgan fingerprint density at radius 1 is 1.00 bits per heavy atom. The van der Waals surface area contributed by atoms with Gasteiger partial charge in [-0.2, -0.15) is 13.2 Å². The fourth-order valence-electron chi connectivity index (χ4n) is 2.29. The summed E-state index contributed by atoms with van der Waals surface area (Å²) < 4.78 is 87.0. The molecule has 1 atom stereocenters. The summed E-state index contributed by atoms with van der Waals surface area (Å²) in [5.41, 5.74) is -4.27. The highest BCUT2D eigenvalue weighted by Gasteiger charge is 2.55. The van der Waals surface area contributed by atoms with Crippen molar-refractivity contribution in [2.75, 3.05) is 11.6 Å². The Kier molecular flexibility index (Phi) is 6.29. The number of rotatable bonds is 5. The highest BCUT2D eigenvalue weighted by molar-refractivity contribution is 7.91. The maximum atomic E-state index is 12.8. The van der Waals surface area contributed by atoms with Gasteiger partial charge in [-0.3, -0.25) is 4.79 Å². The third-order valence-corrected chi connectivity index (χ3v) is 7.16. The highest BCUT2D eigenvalue weighted by atomic mass is 32.2. The van der Waals surface area contributed by atoms with Crippen LogP contribution >= 0.6 is 0 Å². The van der Waals surface area contributed by atoms with Gasteiger partial charge in [-0.05, 0) is 49.4 Å². The van der Waals surface area contributed by atoms with Crippen LogP contribution in [0.1, 0.15) is 12.5 Å². The van der Waals surface area contributed by atoms with E-state index in [1.807, 2.05) is 5.32 Å². The van der Waals surface area contributed by atoms with Crippen molar-refractivity contribution >= 4 is 31.3 Å². The molecule has 2 N–H and O–H groups in total. The summed E-state index contributed by atoms with van der Waals surface area (Å²) in [6, 6.07) is 7.32. The Morgan fingerprint density at radius 3 is 1.94 bits per heavy atom. The third kappa shape index (κ3) is 4.90. The van der Waals surface area contributed by atoms with E-state index < -0.39 is 37.4 Å². The molecule has 0 aliphatic heterocycles. The molecule has 0 spiro atoms. The summed E-state index contributed by atoms with van der Waals surface area (Å²) in [7, 11) is -7.71. The van der Waals surface area contributed by atoms with Crippen LogP contribution in [-0.2, 0) is 24.5 Å².